The number of carboxylic acid groups (broad SMARTS) is 1. The highest BCUT2D eigenvalue weighted by Crippen LogP contribution is 2.44. The third kappa shape index (κ3) is 4.25. The van der Waals surface area contributed by atoms with Crippen LogP contribution in [0.25, 0.3) is 11.1 Å². The zero-order valence-corrected chi connectivity index (χ0v) is 18.8. The Morgan fingerprint density at radius 3 is 2.06 bits per heavy atom. The number of aliphatic carboxylic acids is 1. The molecule has 8 nitrogen and oxygen atoms in total. The number of rotatable bonds is 7. The number of carbonyl (C=O) groups excluding carboxylic acids is 2. The van der Waals surface area contributed by atoms with Crippen LogP contribution in [0.15, 0.2) is 48.5 Å². The SMILES string of the molecule is O=C(O)CC1(NC(=O)C2(NC(=O)OCC3c4ccccc4-c4ccccc43)CCOCC2)CC1. The van der Waals surface area contributed by atoms with Crippen molar-refractivity contribution in [3.63, 3.8) is 0 Å². The number of amides is 2. The molecular weight excluding hydrogens is 436 g/mol. The van der Waals surface area contributed by atoms with E-state index in [0.717, 1.165) is 22.3 Å². The third-order valence-electron chi connectivity index (χ3n) is 7.19. The van der Waals surface area contributed by atoms with E-state index in [1.165, 1.54) is 0 Å². The number of nitrogens with one attached hydrogen (secondary N) is 2. The quantitative estimate of drug-likeness (QED) is 0.580. The van der Waals surface area contributed by atoms with Gasteiger partial charge in [-0.25, -0.2) is 4.79 Å². The maximum absolute atomic E-state index is 13.3. The van der Waals surface area contributed by atoms with E-state index in [1.54, 1.807) is 0 Å². The van der Waals surface area contributed by atoms with Crippen LogP contribution in [0.5, 0.6) is 0 Å². The Hall–Kier alpha value is -3.39. The lowest BCUT2D eigenvalue weighted by atomic mass is 9.88. The highest BCUT2D eigenvalue weighted by atomic mass is 16.5. The normalized spacial score (nSPS) is 19.4. The predicted octanol–water partition coefficient (Wildman–Crippen LogP) is 3.20. The molecule has 8 heteroatoms. The van der Waals surface area contributed by atoms with Gasteiger partial charge < -0.3 is 25.2 Å². The summed E-state index contributed by atoms with van der Waals surface area (Å²) in [5.41, 5.74) is 2.59. The second kappa shape index (κ2) is 8.76. The number of carboxylic acids is 1. The molecule has 3 N–H and O–H groups in total. The molecule has 0 unspecified atom stereocenters. The summed E-state index contributed by atoms with van der Waals surface area (Å²) in [6.07, 6.45) is 1.03. The topological polar surface area (TPSA) is 114 Å². The molecule has 0 aromatic heterocycles. The molecule has 1 aliphatic heterocycles. The molecule has 2 aromatic rings. The minimum absolute atomic E-state index is 0.0806. The van der Waals surface area contributed by atoms with Crippen LogP contribution in [0.2, 0.25) is 0 Å². The van der Waals surface area contributed by atoms with Crippen molar-refractivity contribution in [3.8, 4) is 11.1 Å². The lowest BCUT2D eigenvalue weighted by molar-refractivity contribution is -0.138. The van der Waals surface area contributed by atoms with Crippen molar-refractivity contribution < 1.29 is 29.0 Å². The summed E-state index contributed by atoms with van der Waals surface area (Å²) >= 11 is 0. The summed E-state index contributed by atoms with van der Waals surface area (Å²) in [6, 6.07) is 16.2. The van der Waals surface area contributed by atoms with Crippen LogP contribution >= 0.6 is 0 Å². The van der Waals surface area contributed by atoms with Crippen molar-refractivity contribution in [1.82, 2.24) is 10.6 Å². The first-order valence-corrected chi connectivity index (χ1v) is 11.7. The Morgan fingerprint density at radius 1 is 0.912 bits per heavy atom. The van der Waals surface area contributed by atoms with E-state index in [9.17, 15) is 19.5 Å². The molecular formula is C26H28N2O6. The summed E-state index contributed by atoms with van der Waals surface area (Å²) < 4.78 is 11.1. The molecule has 34 heavy (non-hydrogen) atoms. The van der Waals surface area contributed by atoms with E-state index >= 15 is 0 Å². The van der Waals surface area contributed by atoms with Gasteiger partial charge in [0.25, 0.3) is 0 Å². The van der Waals surface area contributed by atoms with Gasteiger partial charge in [-0.3, -0.25) is 9.59 Å². The van der Waals surface area contributed by atoms with Crippen LogP contribution in [-0.4, -0.2) is 54.0 Å². The number of hydrogen-bond acceptors (Lipinski definition) is 5. The number of carbonyl (C=O) groups is 3. The van der Waals surface area contributed by atoms with Gasteiger partial charge in [0.05, 0.1) is 12.0 Å². The first kappa shape index (κ1) is 22.4. The molecule has 1 saturated heterocycles. The van der Waals surface area contributed by atoms with Crippen molar-refractivity contribution in [2.45, 2.75) is 49.1 Å². The highest BCUT2D eigenvalue weighted by molar-refractivity contribution is 5.91. The third-order valence-corrected chi connectivity index (χ3v) is 7.19. The average Bonchev–Trinajstić information content (AvgIpc) is 3.49. The van der Waals surface area contributed by atoms with Gasteiger partial charge in [-0.15, -0.1) is 0 Å². The van der Waals surface area contributed by atoms with Gasteiger partial charge in [0.2, 0.25) is 5.91 Å². The summed E-state index contributed by atoms with van der Waals surface area (Å²) in [7, 11) is 0. The van der Waals surface area contributed by atoms with E-state index in [2.05, 4.69) is 22.8 Å². The predicted molar refractivity (Wildman–Crippen MR) is 123 cm³/mol. The van der Waals surface area contributed by atoms with Gasteiger partial charge in [0.15, 0.2) is 0 Å². The summed E-state index contributed by atoms with van der Waals surface area (Å²) in [4.78, 5) is 37.4. The van der Waals surface area contributed by atoms with Crippen LogP contribution in [0.4, 0.5) is 4.79 Å². The molecule has 0 atom stereocenters. The largest absolute Gasteiger partial charge is 0.481 e. The summed E-state index contributed by atoms with van der Waals surface area (Å²) in [5, 5.41) is 14.9. The molecule has 2 aromatic carbocycles. The van der Waals surface area contributed by atoms with Crippen molar-refractivity contribution in [1.29, 1.82) is 0 Å². The average molecular weight is 465 g/mol. The standard InChI is InChI=1S/C26H28N2O6/c29-22(30)15-25(9-10-25)27-23(31)26(11-13-33-14-12-26)28-24(32)34-16-21-19-7-3-1-5-17(19)18-6-2-4-8-20(18)21/h1-8,21H,9-16H2,(H,27,31)(H,28,32)(H,29,30). The van der Waals surface area contributed by atoms with Gasteiger partial charge in [0, 0.05) is 32.0 Å². The van der Waals surface area contributed by atoms with Gasteiger partial charge in [-0.1, -0.05) is 48.5 Å². The Labute approximate surface area is 197 Å². The van der Waals surface area contributed by atoms with Crippen molar-refractivity contribution >= 4 is 18.0 Å². The summed E-state index contributed by atoms with van der Waals surface area (Å²) in [6.45, 7) is 0.795. The van der Waals surface area contributed by atoms with Crippen LogP contribution < -0.4 is 10.6 Å². The number of ether oxygens (including phenoxy) is 2. The fourth-order valence-electron chi connectivity index (χ4n) is 5.11. The van der Waals surface area contributed by atoms with E-state index in [-0.39, 0.29) is 24.9 Å². The van der Waals surface area contributed by atoms with E-state index in [1.807, 2.05) is 36.4 Å². The lowest BCUT2D eigenvalue weighted by Crippen LogP contribution is -2.63. The van der Waals surface area contributed by atoms with E-state index in [0.29, 0.717) is 38.9 Å². The van der Waals surface area contributed by atoms with Gasteiger partial charge in [0.1, 0.15) is 12.1 Å². The van der Waals surface area contributed by atoms with Crippen LogP contribution in [0, 0.1) is 0 Å². The van der Waals surface area contributed by atoms with Crippen molar-refractivity contribution in [2.24, 2.45) is 0 Å². The van der Waals surface area contributed by atoms with E-state index < -0.39 is 23.1 Å². The smallest absolute Gasteiger partial charge is 0.408 e. The molecule has 1 saturated carbocycles. The molecule has 2 amide bonds. The second-order valence-corrected chi connectivity index (χ2v) is 9.45. The Kier molecular flexibility index (Phi) is 5.77. The monoisotopic (exact) mass is 464 g/mol. The lowest BCUT2D eigenvalue weighted by Gasteiger charge is -2.37. The van der Waals surface area contributed by atoms with Crippen molar-refractivity contribution in [3.05, 3.63) is 59.7 Å². The van der Waals surface area contributed by atoms with Crippen LogP contribution in [0.1, 0.15) is 49.1 Å². The molecule has 178 valence electrons. The first-order valence-electron chi connectivity index (χ1n) is 11.7. The minimum Gasteiger partial charge on any atom is -0.481 e. The first-order chi connectivity index (χ1) is 16.4. The number of fused-ring (bicyclic) bond motifs is 3. The molecule has 0 spiro atoms. The van der Waals surface area contributed by atoms with Crippen molar-refractivity contribution in [2.75, 3.05) is 19.8 Å². The molecule has 3 aliphatic rings. The zero-order chi connectivity index (χ0) is 23.8. The van der Waals surface area contributed by atoms with Crippen LogP contribution in [0.3, 0.4) is 0 Å². The molecule has 2 aliphatic carbocycles. The Morgan fingerprint density at radius 2 is 1.50 bits per heavy atom. The number of alkyl carbamates (subject to hydrolysis) is 1. The number of benzene rings is 2. The second-order valence-electron chi connectivity index (χ2n) is 9.45. The Bertz CT molecular complexity index is 1070. The molecule has 2 fully saturated rings. The maximum Gasteiger partial charge on any atom is 0.408 e. The molecule has 0 radical (unpaired) electrons. The molecule has 0 bridgehead atoms. The maximum atomic E-state index is 13.3. The zero-order valence-electron chi connectivity index (χ0n) is 18.8. The van der Waals surface area contributed by atoms with Gasteiger partial charge >= 0.3 is 12.1 Å². The highest BCUT2D eigenvalue weighted by Gasteiger charge is 2.51. The summed E-state index contributed by atoms with van der Waals surface area (Å²) in [5.74, 6) is -1.41. The fourth-order valence-corrected chi connectivity index (χ4v) is 5.11. The van der Waals surface area contributed by atoms with Gasteiger partial charge in [-0.2, -0.15) is 0 Å². The van der Waals surface area contributed by atoms with E-state index in [4.69, 9.17) is 9.47 Å². The fraction of sp³-hybridized carbons (Fsp3) is 0.423. The number of hydrogen-bond donors (Lipinski definition) is 3. The van der Waals surface area contributed by atoms with Gasteiger partial charge in [-0.05, 0) is 35.1 Å². The Balaban J connectivity index is 1.28. The van der Waals surface area contributed by atoms with Crippen LogP contribution in [-0.2, 0) is 19.1 Å². The molecule has 5 rings (SSSR count). The minimum atomic E-state index is -1.19. The molecule has 1 heterocycles.